The number of ketones is 1. The maximum atomic E-state index is 12.0. The monoisotopic (exact) mass is 212 g/mol. The van der Waals surface area contributed by atoms with Gasteiger partial charge in [0.15, 0.2) is 0 Å². The molecule has 4 heteroatoms. The number of hydrogen-bond donors (Lipinski definition) is 1. The molecular weight excluding hydrogens is 192 g/mol. The summed E-state index contributed by atoms with van der Waals surface area (Å²) in [7, 11) is 1.80. The first-order valence-electron chi connectivity index (χ1n) is 5.60. The summed E-state index contributed by atoms with van der Waals surface area (Å²) in [5.41, 5.74) is 0. The molecule has 0 aromatic rings. The topological polar surface area (TPSA) is 49.4 Å². The predicted molar refractivity (Wildman–Crippen MR) is 58.6 cm³/mol. The Labute approximate surface area is 91.0 Å². The van der Waals surface area contributed by atoms with Crippen molar-refractivity contribution in [1.29, 1.82) is 0 Å². The molecule has 1 N–H and O–H groups in total. The van der Waals surface area contributed by atoms with Gasteiger partial charge in [0.05, 0.1) is 12.6 Å². The molecule has 15 heavy (non-hydrogen) atoms. The summed E-state index contributed by atoms with van der Waals surface area (Å²) >= 11 is 0. The van der Waals surface area contributed by atoms with Crippen LogP contribution in [0.4, 0.5) is 0 Å². The molecule has 1 unspecified atom stereocenters. The van der Waals surface area contributed by atoms with Crippen LogP contribution in [0.5, 0.6) is 0 Å². The first-order valence-corrected chi connectivity index (χ1v) is 5.60. The van der Waals surface area contributed by atoms with E-state index in [4.69, 9.17) is 0 Å². The van der Waals surface area contributed by atoms with Gasteiger partial charge in [-0.2, -0.15) is 0 Å². The number of likely N-dealkylation sites (tertiary alicyclic amines) is 1. The second-order valence-electron chi connectivity index (χ2n) is 4.15. The Morgan fingerprint density at radius 2 is 2.20 bits per heavy atom. The number of amides is 1. The molecule has 0 aromatic heterocycles. The molecule has 0 radical (unpaired) electrons. The van der Waals surface area contributed by atoms with E-state index >= 15 is 0 Å². The Morgan fingerprint density at radius 3 is 2.80 bits per heavy atom. The molecule has 0 aliphatic carbocycles. The molecule has 1 amide bonds. The van der Waals surface area contributed by atoms with E-state index in [1.54, 1.807) is 11.9 Å². The van der Waals surface area contributed by atoms with Crippen molar-refractivity contribution >= 4 is 11.7 Å². The quantitative estimate of drug-likeness (QED) is 0.744. The minimum Gasteiger partial charge on any atom is -0.334 e. The third-order valence-electron chi connectivity index (χ3n) is 2.79. The number of hydrogen-bond acceptors (Lipinski definition) is 3. The largest absolute Gasteiger partial charge is 0.334 e. The lowest BCUT2D eigenvalue weighted by molar-refractivity contribution is -0.137. The molecule has 0 spiro atoms. The summed E-state index contributed by atoms with van der Waals surface area (Å²) in [5, 5.41) is 3.02. The number of likely N-dealkylation sites (N-methyl/N-ethyl adjacent to an activating group) is 1. The highest BCUT2D eigenvalue weighted by Crippen LogP contribution is 2.12. The van der Waals surface area contributed by atoms with Crippen molar-refractivity contribution in [2.24, 2.45) is 0 Å². The van der Waals surface area contributed by atoms with Crippen molar-refractivity contribution in [3.63, 3.8) is 0 Å². The van der Waals surface area contributed by atoms with E-state index in [-0.39, 0.29) is 24.3 Å². The summed E-state index contributed by atoms with van der Waals surface area (Å²) in [6, 6.07) is -0.107. The maximum Gasteiger partial charge on any atom is 0.240 e. The van der Waals surface area contributed by atoms with Gasteiger partial charge in [-0.25, -0.2) is 0 Å². The van der Waals surface area contributed by atoms with E-state index in [1.165, 1.54) is 6.92 Å². The van der Waals surface area contributed by atoms with E-state index in [0.29, 0.717) is 0 Å². The molecule has 86 valence electrons. The zero-order chi connectivity index (χ0) is 11.3. The van der Waals surface area contributed by atoms with Crippen LogP contribution in [0.25, 0.3) is 0 Å². The van der Waals surface area contributed by atoms with Crippen LogP contribution in [0.1, 0.15) is 32.6 Å². The highest BCUT2D eigenvalue weighted by Gasteiger charge is 2.24. The smallest absolute Gasteiger partial charge is 0.240 e. The van der Waals surface area contributed by atoms with Gasteiger partial charge in [0, 0.05) is 6.54 Å². The van der Waals surface area contributed by atoms with Gasteiger partial charge >= 0.3 is 0 Å². The minimum absolute atomic E-state index is 0.0544. The molecule has 1 aliphatic heterocycles. The average molecular weight is 212 g/mol. The highest BCUT2D eigenvalue weighted by atomic mass is 16.2. The third kappa shape index (κ3) is 3.63. The van der Waals surface area contributed by atoms with Crippen molar-refractivity contribution in [3.8, 4) is 0 Å². The lowest BCUT2D eigenvalue weighted by Gasteiger charge is -2.28. The normalized spacial score (nSPS) is 23.5. The zero-order valence-corrected chi connectivity index (χ0v) is 9.58. The Balaban J connectivity index is 2.64. The van der Waals surface area contributed by atoms with E-state index in [2.05, 4.69) is 5.32 Å². The van der Waals surface area contributed by atoms with E-state index in [1.807, 2.05) is 0 Å². The average Bonchev–Trinajstić information content (AvgIpc) is 2.18. The minimum atomic E-state index is -0.107. The lowest BCUT2D eigenvalue weighted by atomic mass is 10.0. The number of carbonyl (C=O) groups is 2. The van der Waals surface area contributed by atoms with Gasteiger partial charge < -0.3 is 10.2 Å². The van der Waals surface area contributed by atoms with Gasteiger partial charge in [0.25, 0.3) is 0 Å². The summed E-state index contributed by atoms with van der Waals surface area (Å²) in [6.45, 7) is 2.51. The van der Waals surface area contributed by atoms with Crippen LogP contribution < -0.4 is 5.32 Å². The molecule has 1 atom stereocenters. The lowest BCUT2D eigenvalue weighted by Crippen LogP contribution is -2.48. The number of Topliss-reactive ketones (excluding diaryl/α,β-unsaturated/α-hetero) is 1. The van der Waals surface area contributed by atoms with Crippen LogP contribution in [-0.4, -0.2) is 42.8 Å². The fourth-order valence-electron chi connectivity index (χ4n) is 1.98. The number of carbonyl (C=O) groups excluding carboxylic acids is 2. The van der Waals surface area contributed by atoms with Crippen LogP contribution in [-0.2, 0) is 9.59 Å². The SMILES string of the molecule is CNC1CCCCCN(CC(C)=O)C1=O. The Hall–Kier alpha value is -0.900. The molecule has 1 fully saturated rings. The first kappa shape index (κ1) is 12.2. The van der Waals surface area contributed by atoms with Gasteiger partial charge in [-0.05, 0) is 26.8 Å². The third-order valence-corrected chi connectivity index (χ3v) is 2.79. The Bertz CT molecular complexity index is 241. The number of rotatable bonds is 3. The van der Waals surface area contributed by atoms with E-state index in [9.17, 15) is 9.59 Å². The van der Waals surface area contributed by atoms with Gasteiger partial charge in [-0.3, -0.25) is 9.59 Å². The predicted octanol–water partition coefficient (Wildman–Crippen LogP) is 0.566. The van der Waals surface area contributed by atoms with Gasteiger partial charge in [-0.15, -0.1) is 0 Å². The summed E-state index contributed by atoms with van der Waals surface area (Å²) in [4.78, 5) is 24.7. The van der Waals surface area contributed by atoms with Crippen LogP contribution in [0, 0.1) is 0 Å². The summed E-state index contributed by atoms with van der Waals surface area (Å²) in [6.07, 6.45) is 4.12. The Kier molecular flexibility index (Phi) is 4.75. The maximum absolute atomic E-state index is 12.0. The van der Waals surface area contributed by atoms with Crippen LogP contribution in [0.15, 0.2) is 0 Å². The first-order chi connectivity index (χ1) is 7.15. The molecule has 1 heterocycles. The molecule has 1 aliphatic rings. The highest BCUT2D eigenvalue weighted by molar-refractivity contribution is 5.87. The molecule has 0 bridgehead atoms. The summed E-state index contributed by atoms with van der Waals surface area (Å²) in [5.74, 6) is 0.131. The van der Waals surface area contributed by atoms with E-state index in [0.717, 1.165) is 32.2 Å². The van der Waals surface area contributed by atoms with Gasteiger partial charge in [0.1, 0.15) is 5.78 Å². The molecule has 1 rings (SSSR count). The molecular formula is C11H20N2O2. The summed E-state index contributed by atoms with van der Waals surface area (Å²) < 4.78 is 0. The number of nitrogens with one attached hydrogen (secondary N) is 1. The van der Waals surface area contributed by atoms with Crippen LogP contribution >= 0.6 is 0 Å². The number of nitrogens with zero attached hydrogens (tertiary/aromatic N) is 1. The molecule has 0 saturated carbocycles. The van der Waals surface area contributed by atoms with Crippen LogP contribution in [0.2, 0.25) is 0 Å². The van der Waals surface area contributed by atoms with E-state index < -0.39 is 0 Å². The zero-order valence-electron chi connectivity index (χ0n) is 9.58. The fraction of sp³-hybridized carbons (Fsp3) is 0.818. The van der Waals surface area contributed by atoms with Crippen molar-refractivity contribution in [1.82, 2.24) is 10.2 Å². The van der Waals surface area contributed by atoms with Gasteiger partial charge in [0.2, 0.25) is 5.91 Å². The van der Waals surface area contributed by atoms with Crippen LogP contribution in [0.3, 0.4) is 0 Å². The molecule has 1 saturated heterocycles. The van der Waals surface area contributed by atoms with Crippen molar-refractivity contribution in [3.05, 3.63) is 0 Å². The standard InChI is InChI=1S/C11H20N2O2/c1-9(14)8-13-7-5-3-4-6-10(12-2)11(13)15/h10,12H,3-8H2,1-2H3. The van der Waals surface area contributed by atoms with Crippen molar-refractivity contribution in [2.75, 3.05) is 20.1 Å². The second kappa shape index (κ2) is 5.85. The van der Waals surface area contributed by atoms with Crippen molar-refractivity contribution < 1.29 is 9.59 Å². The second-order valence-corrected chi connectivity index (χ2v) is 4.15. The van der Waals surface area contributed by atoms with Gasteiger partial charge in [-0.1, -0.05) is 12.8 Å². The molecule has 4 nitrogen and oxygen atoms in total. The fourth-order valence-corrected chi connectivity index (χ4v) is 1.98. The Morgan fingerprint density at radius 1 is 1.47 bits per heavy atom. The van der Waals surface area contributed by atoms with Crippen molar-refractivity contribution in [2.45, 2.75) is 38.6 Å². The molecule has 0 aromatic carbocycles.